The molecule has 1 aromatic carbocycles. The molecule has 23 heavy (non-hydrogen) atoms. The number of carbonyl (C=O) groups excluding carboxylic acids is 1. The van der Waals surface area contributed by atoms with Crippen molar-refractivity contribution < 1.29 is 4.79 Å². The van der Waals surface area contributed by atoms with Gasteiger partial charge in [-0.15, -0.1) is 22.6 Å². The minimum atomic E-state index is -0.0697. The second-order valence-corrected chi connectivity index (χ2v) is 5.57. The largest absolute Gasteiger partial charge is 0.330 e. The van der Waals surface area contributed by atoms with Crippen LogP contribution in [0.1, 0.15) is 31.5 Å². The number of hydrogen-bond donors (Lipinski definition) is 2. The Labute approximate surface area is 141 Å². The Balaban J connectivity index is 0.00000192. The average molecular weight is 336 g/mol. The number of nitrogens with one attached hydrogen (secondary N) is 1. The van der Waals surface area contributed by atoms with Crippen molar-refractivity contribution in [2.24, 2.45) is 5.73 Å². The molecule has 0 bridgehead atoms. The van der Waals surface area contributed by atoms with E-state index in [4.69, 9.17) is 5.73 Å². The van der Waals surface area contributed by atoms with Gasteiger partial charge in [-0.25, -0.2) is 0 Å². The van der Waals surface area contributed by atoms with Crippen LogP contribution in [0, 0.1) is 0 Å². The Hall–Kier alpha value is -1.92. The molecule has 0 aliphatic carbocycles. The van der Waals surface area contributed by atoms with E-state index >= 15 is 0 Å². The van der Waals surface area contributed by atoms with Gasteiger partial charge in [-0.1, -0.05) is 18.6 Å². The summed E-state index contributed by atoms with van der Waals surface area (Å²) < 4.78 is 2.20. The average Bonchev–Trinajstić information content (AvgIpc) is 2.76. The van der Waals surface area contributed by atoms with Gasteiger partial charge in [-0.3, -0.25) is 4.79 Å². The van der Waals surface area contributed by atoms with E-state index in [1.54, 1.807) is 0 Å². The predicted octanol–water partition coefficient (Wildman–Crippen LogP) is 2.38. The fourth-order valence-electron chi connectivity index (χ4n) is 2.79. The molecular formula is C16H22ClN5O. The number of nitrogens with zero attached hydrogens (tertiary/aromatic N) is 3. The molecular weight excluding hydrogens is 314 g/mol. The predicted molar refractivity (Wildman–Crippen MR) is 92.6 cm³/mol. The molecule has 0 saturated heterocycles. The van der Waals surface area contributed by atoms with Crippen LogP contribution in [0.4, 0.5) is 5.69 Å². The molecule has 1 aliphatic heterocycles. The number of anilines is 1. The van der Waals surface area contributed by atoms with Crippen LogP contribution in [0.25, 0.3) is 11.4 Å². The molecule has 1 aromatic heterocycles. The van der Waals surface area contributed by atoms with Gasteiger partial charge < -0.3 is 15.6 Å². The van der Waals surface area contributed by atoms with Crippen molar-refractivity contribution in [2.75, 3.05) is 11.9 Å². The number of fused-ring (bicyclic) bond motifs is 1. The lowest BCUT2D eigenvalue weighted by atomic mass is 10.2. The zero-order chi connectivity index (χ0) is 15.4. The van der Waals surface area contributed by atoms with Crippen molar-refractivity contribution in [1.29, 1.82) is 0 Å². The van der Waals surface area contributed by atoms with E-state index in [9.17, 15) is 4.79 Å². The first-order valence-electron chi connectivity index (χ1n) is 7.80. The summed E-state index contributed by atoms with van der Waals surface area (Å²) in [5.41, 5.74) is 7.14. The maximum Gasteiger partial charge on any atom is 0.225 e. The highest BCUT2D eigenvalue weighted by molar-refractivity contribution is 5.91. The molecule has 0 radical (unpaired) electrons. The van der Waals surface area contributed by atoms with Crippen molar-refractivity contribution in [2.45, 2.75) is 38.6 Å². The fraction of sp³-hybridized carbons (Fsp3) is 0.438. The lowest BCUT2D eigenvalue weighted by molar-refractivity contribution is -0.116. The third-order valence-corrected chi connectivity index (χ3v) is 3.89. The van der Waals surface area contributed by atoms with Crippen molar-refractivity contribution >= 4 is 24.0 Å². The van der Waals surface area contributed by atoms with Crippen LogP contribution in [0.15, 0.2) is 24.3 Å². The lowest BCUT2D eigenvalue weighted by Gasteiger charge is -2.09. The minimum absolute atomic E-state index is 0. The van der Waals surface area contributed by atoms with E-state index in [0.29, 0.717) is 13.0 Å². The Kier molecular flexibility index (Phi) is 6.12. The summed E-state index contributed by atoms with van der Waals surface area (Å²) in [6, 6.07) is 7.74. The van der Waals surface area contributed by atoms with Crippen LogP contribution >= 0.6 is 12.4 Å². The van der Waals surface area contributed by atoms with Crippen LogP contribution in [0.3, 0.4) is 0 Å². The molecule has 3 rings (SSSR count). The van der Waals surface area contributed by atoms with E-state index in [2.05, 4.69) is 20.1 Å². The first-order valence-corrected chi connectivity index (χ1v) is 7.80. The fourth-order valence-corrected chi connectivity index (χ4v) is 2.79. The van der Waals surface area contributed by atoms with Gasteiger partial charge in [0.05, 0.1) is 0 Å². The topological polar surface area (TPSA) is 85.8 Å². The van der Waals surface area contributed by atoms with Gasteiger partial charge >= 0.3 is 0 Å². The van der Waals surface area contributed by atoms with E-state index in [-0.39, 0.29) is 18.3 Å². The molecule has 3 N–H and O–H groups in total. The first-order chi connectivity index (χ1) is 10.8. The molecule has 0 saturated carbocycles. The van der Waals surface area contributed by atoms with Gasteiger partial charge in [-0.2, -0.15) is 0 Å². The van der Waals surface area contributed by atoms with Crippen molar-refractivity contribution in [1.82, 2.24) is 14.8 Å². The minimum Gasteiger partial charge on any atom is -0.330 e. The second-order valence-electron chi connectivity index (χ2n) is 5.57. The molecule has 7 heteroatoms. The van der Waals surface area contributed by atoms with Crippen LogP contribution < -0.4 is 11.1 Å². The van der Waals surface area contributed by atoms with E-state index in [1.165, 1.54) is 12.8 Å². The second kappa shape index (κ2) is 8.08. The van der Waals surface area contributed by atoms with E-state index in [1.807, 2.05) is 24.3 Å². The molecule has 124 valence electrons. The molecule has 1 amide bonds. The number of halogens is 1. The van der Waals surface area contributed by atoms with Crippen LogP contribution in [-0.2, 0) is 17.8 Å². The summed E-state index contributed by atoms with van der Waals surface area (Å²) in [4.78, 5) is 11.7. The summed E-state index contributed by atoms with van der Waals surface area (Å²) in [6.07, 6.45) is 4.88. The number of aromatic nitrogens is 3. The molecule has 0 unspecified atom stereocenters. The molecule has 0 atom stereocenters. The highest BCUT2D eigenvalue weighted by Crippen LogP contribution is 2.24. The normalized spacial score (nSPS) is 13.6. The molecule has 6 nitrogen and oxygen atoms in total. The van der Waals surface area contributed by atoms with Gasteiger partial charge in [0, 0.05) is 37.2 Å². The Morgan fingerprint density at radius 1 is 1.26 bits per heavy atom. The standard InChI is InChI=1S/C16H21N5O.ClH/c17-9-8-15(22)18-13-6-4-5-12(11-13)16-20-19-14-7-2-1-3-10-21(14)16;/h4-6,11H,1-3,7-10,17H2,(H,18,22);1H. The molecule has 2 aromatic rings. The van der Waals surface area contributed by atoms with Crippen LogP contribution in [0.5, 0.6) is 0 Å². The number of aryl methyl sites for hydroxylation is 1. The number of hydrogen-bond acceptors (Lipinski definition) is 4. The van der Waals surface area contributed by atoms with E-state index < -0.39 is 0 Å². The van der Waals surface area contributed by atoms with Crippen molar-refractivity contribution in [3.8, 4) is 11.4 Å². The Bertz CT molecular complexity index is 670. The highest BCUT2D eigenvalue weighted by atomic mass is 35.5. The SMILES string of the molecule is Cl.NCCC(=O)Nc1cccc(-c2nnc3n2CCCCC3)c1. The van der Waals surface area contributed by atoms with Gasteiger partial charge in [0.25, 0.3) is 0 Å². The molecule has 2 heterocycles. The third kappa shape index (κ3) is 4.09. The van der Waals surface area contributed by atoms with Crippen LogP contribution in [0.2, 0.25) is 0 Å². The molecule has 0 spiro atoms. The number of amides is 1. The van der Waals surface area contributed by atoms with Gasteiger partial charge in [0.15, 0.2) is 5.82 Å². The summed E-state index contributed by atoms with van der Waals surface area (Å²) in [7, 11) is 0. The maximum absolute atomic E-state index is 11.7. The Morgan fingerprint density at radius 2 is 2.13 bits per heavy atom. The van der Waals surface area contributed by atoms with Crippen molar-refractivity contribution in [3.63, 3.8) is 0 Å². The summed E-state index contributed by atoms with van der Waals surface area (Å²) >= 11 is 0. The summed E-state index contributed by atoms with van der Waals surface area (Å²) in [6.45, 7) is 1.31. The number of carbonyl (C=O) groups is 1. The highest BCUT2D eigenvalue weighted by Gasteiger charge is 2.16. The number of benzene rings is 1. The van der Waals surface area contributed by atoms with Gasteiger partial charge in [-0.05, 0) is 25.0 Å². The summed E-state index contributed by atoms with van der Waals surface area (Å²) in [5.74, 6) is 1.87. The first kappa shape index (κ1) is 17.4. The quantitative estimate of drug-likeness (QED) is 0.898. The third-order valence-electron chi connectivity index (χ3n) is 3.89. The smallest absolute Gasteiger partial charge is 0.225 e. The Morgan fingerprint density at radius 3 is 2.96 bits per heavy atom. The lowest BCUT2D eigenvalue weighted by Crippen LogP contribution is -2.16. The monoisotopic (exact) mass is 335 g/mol. The van der Waals surface area contributed by atoms with Crippen molar-refractivity contribution in [3.05, 3.63) is 30.1 Å². The molecule has 1 aliphatic rings. The molecule has 0 fully saturated rings. The number of rotatable bonds is 4. The maximum atomic E-state index is 11.7. The zero-order valence-corrected chi connectivity index (χ0v) is 13.8. The van der Waals surface area contributed by atoms with Crippen LogP contribution in [-0.4, -0.2) is 27.2 Å². The summed E-state index contributed by atoms with van der Waals surface area (Å²) in [5, 5.41) is 11.5. The van der Waals surface area contributed by atoms with Gasteiger partial charge in [0.1, 0.15) is 5.82 Å². The van der Waals surface area contributed by atoms with Gasteiger partial charge in [0.2, 0.25) is 5.91 Å². The zero-order valence-electron chi connectivity index (χ0n) is 13.0. The van der Waals surface area contributed by atoms with E-state index in [0.717, 1.165) is 42.3 Å². The number of nitrogens with two attached hydrogens (primary N) is 1.